The third-order valence-corrected chi connectivity index (χ3v) is 2.74. The van der Waals surface area contributed by atoms with Crippen molar-refractivity contribution in [3.8, 4) is 0 Å². The molecule has 0 aromatic heterocycles. The standard InChI is InChI=1S/C13H14N2O5/c1-7-5-10(12(17)19-7)20-11(16)8-3-2-4-9(6-8)15-13(14)18/h2-4,6-7,10H,5H2,1H3,(H3,14,15,18). The van der Waals surface area contributed by atoms with Crippen molar-refractivity contribution in [3.63, 3.8) is 0 Å². The quantitative estimate of drug-likeness (QED) is 0.803. The van der Waals surface area contributed by atoms with Gasteiger partial charge in [-0.1, -0.05) is 6.07 Å². The fraction of sp³-hybridized carbons (Fsp3) is 0.308. The molecule has 0 aliphatic carbocycles. The summed E-state index contributed by atoms with van der Waals surface area (Å²) >= 11 is 0. The highest BCUT2D eigenvalue weighted by molar-refractivity contribution is 5.94. The molecular formula is C13H14N2O5. The van der Waals surface area contributed by atoms with Crippen LogP contribution in [-0.4, -0.2) is 30.2 Å². The van der Waals surface area contributed by atoms with E-state index in [1.54, 1.807) is 19.1 Å². The first kappa shape index (κ1) is 13.9. The molecule has 0 bridgehead atoms. The number of anilines is 1. The average Bonchev–Trinajstić information content (AvgIpc) is 2.67. The largest absolute Gasteiger partial charge is 0.460 e. The van der Waals surface area contributed by atoms with Crippen LogP contribution >= 0.6 is 0 Å². The summed E-state index contributed by atoms with van der Waals surface area (Å²) in [4.78, 5) is 34.0. The van der Waals surface area contributed by atoms with E-state index in [9.17, 15) is 14.4 Å². The minimum absolute atomic E-state index is 0.212. The Balaban J connectivity index is 2.05. The van der Waals surface area contributed by atoms with Crippen LogP contribution in [0.15, 0.2) is 24.3 Å². The van der Waals surface area contributed by atoms with Crippen LogP contribution in [0.25, 0.3) is 0 Å². The molecule has 20 heavy (non-hydrogen) atoms. The van der Waals surface area contributed by atoms with Crippen molar-refractivity contribution < 1.29 is 23.9 Å². The van der Waals surface area contributed by atoms with Gasteiger partial charge in [0.15, 0.2) is 0 Å². The highest BCUT2D eigenvalue weighted by Crippen LogP contribution is 2.19. The maximum absolute atomic E-state index is 11.9. The summed E-state index contributed by atoms with van der Waals surface area (Å²) in [5.74, 6) is -1.20. The Morgan fingerprint density at radius 2 is 2.20 bits per heavy atom. The Morgan fingerprint density at radius 1 is 1.45 bits per heavy atom. The van der Waals surface area contributed by atoms with E-state index < -0.39 is 24.1 Å². The number of hydrogen-bond acceptors (Lipinski definition) is 5. The summed E-state index contributed by atoms with van der Waals surface area (Å²) in [5, 5.41) is 2.35. The molecule has 3 N–H and O–H groups in total. The first-order chi connectivity index (χ1) is 9.45. The number of urea groups is 1. The topological polar surface area (TPSA) is 108 Å². The van der Waals surface area contributed by atoms with Gasteiger partial charge in [-0.05, 0) is 25.1 Å². The van der Waals surface area contributed by atoms with Gasteiger partial charge in [0, 0.05) is 12.1 Å². The lowest BCUT2D eigenvalue weighted by Gasteiger charge is -2.09. The second-order valence-corrected chi connectivity index (χ2v) is 4.45. The third-order valence-electron chi connectivity index (χ3n) is 2.74. The van der Waals surface area contributed by atoms with Gasteiger partial charge in [-0.25, -0.2) is 14.4 Å². The van der Waals surface area contributed by atoms with Gasteiger partial charge in [0.1, 0.15) is 6.10 Å². The number of cyclic esters (lactones) is 1. The molecule has 1 saturated heterocycles. The van der Waals surface area contributed by atoms with Gasteiger partial charge < -0.3 is 20.5 Å². The van der Waals surface area contributed by atoms with E-state index in [2.05, 4.69) is 5.32 Å². The summed E-state index contributed by atoms with van der Waals surface area (Å²) < 4.78 is 9.98. The van der Waals surface area contributed by atoms with Crippen molar-refractivity contribution in [2.45, 2.75) is 25.6 Å². The molecule has 7 nitrogen and oxygen atoms in total. The zero-order valence-corrected chi connectivity index (χ0v) is 10.8. The minimum Gasteiger partial charge on any atom is -0.460 e. The molecule has 1 aliphatic heterocycles. The van der Waals surface area contributed by atoms with E-state index in [0.717, 1.165) is 0 Å². The van der Waals surface area contributed by atoms with Gasteiger partial charge in [0.05, 0.1) is 5.56 Å². The number of amides is 2. The molecule has 0 saturated carbocycles. The maximum Gasteiger partial charge on any atom is 0.347 e. The second-order valence-electron chi connectivity index (χ2n) is 4.45. The second kappa shape index (κ2) is 5.60. The summed E-state index contributed by atoms with van der Waals surface area (Å²) in [6, 6.07) is 5.34. The summed E-state index contributed by atoms with van der Waals surface area (Å²) in [6.07, 6.45) is -0.808. The number of esters is 2. The molecule has 2 amide bonds. The highest BCUT2D eigenvalue weighted by atomic mass is 16.6. The zero-order valence-electron chi connectivity index (χ0n) is 10.8. The molecule has 1 aromatic carbocycles. The van der Waals surface area contributed by atoms with Crippen molar-refractivity contribution in [3.05, 3.63) is 29.8 Å². The fourth-order valence-corrected chi connectivity index (χ4v) is 1.88. The molecule has 1 heterocycles. The molecule has 0 radical (unpaired) electrons. The lowest BCUT2D eigenvalue weighted by molar-refractivity contribution is -0.147. The van der Waals surface area contributed by atoms with Gasteiger partial charge in [0.25, 0.3) is 0 Å². The summed E-state index contributed by atoms with van der Waals surface area (Å²) in [5.41, 5.74) is 5.57. The van der Waals surface area contributed by atoms with Gasteiger partial charge in [-0.2, -0.15) is 0 Å². The highest BCUT2D eigenvalue weighted by Gasteiger charge is 2.35. The Hall–Kier alpha value is -2.57. The van der Waals surface area contributed by atoms with E-state index in [0.29, 0.717) is 12.1 Å². The molecule has 106 valence electrons. The number of hydrogen-bond donors (Lipinski definition) is 2. The lowest BCUT2D eigenvalue weighted by atomic mass is 10.2. The van der Waals surface area contributed by atoms with Crippen LogP contribution in [0, 0.1) is 0 Å². The van der Waals surface area contributed by atoms with Gasteiger partial charge in [-0.15, -0.1) is 0 Å². The predicted molar refractivity (Wildman–Crippen MR) is 69.0 cm³/mol. The van der Waals surface area contributed by atoms with Crippen LogP contribution in [0.4, 0.5) is 10.5 Å². The molecular weight excluding hydrogens is 264 g/mol. The Labute approximate surface area is 115 Å². The fourth-order valence-electron chi connectivity index (χ4n) is 1.88. The number of carbonyl (C=O) groups is 3. The van der Waals surface area contributed by atoms with E-state index in [1.807, 2.05) is 0 Å². The van der Waals surface area contributed by atoms with Crippen LogP contribution in [0.3, 0.4) is 0 Å². The molecule has 1 aromatic rings. The molecule has 1 aliphatic rings. The maximum atomic E-state index is 11.9. The van der Waals surface area contributed by atoms with E-state index in [4.69, 9.17) is 15.2 Å². The molecule has 2 atom stereocenters. The minimum atomic E-state index is -0.884. The van der Waals surface area contributed by atoms with Crippen molar-refractivity contribution in [1.82, 2.24) is 0 Å². The van der Waals surface area contributed by atoms with Crippen LogP contribution in [0.5, 0.6) is 0 Å². The van der Waals surface area contributed by atoms with E-state index >= 15 is 0 Å². The number of nitrogens with two attached hydrogens (primary N) is 1. The first-order valence-electron chi connectivity index (χ1n) is 6.03. The van der Waals surface area contributed by atoms with Crippen molar-refractivity contribution >= 4 is 23.7 Å². The smallest absolute Gasteiger partial charge is 0.347 e. The molecule has 2 rings (SSSR count). The number of rotatable bonds is 3. The SMILES string of the molecule is CC1CC(OC(=O)c2cccc(NC(N)=O)c2)C(=O)O1. The van der Waals surface area contributed by atoms with Crippen molar-refractivity contribution in [2.24, 2.45) is 5.73 Å². The monoisotopic (exact) mass is 278 g/mol. The summed E-state index contributed by atoms with van der Waals surface area (Å²) in [7, 11) is 0. The van der Waals surface area contributed by atoms with Crippen LogP contribution < -0.4 is 11.1 Å². The lowest BCUT2D eigenvalue weighted by Crippen LogP contribution is -2.23. The van der Waals surface area contributed by atoms with Crippen LogP contribution in [0.1, 0.15) is 23.7 Å². The molecule has 1 fully saturated rings. The molecule has 2 unspecified atom stereocenters. The zero-order chi connectivity index (χ0) is 14.7. The van der Waals surface area contributed by atoms with Crippen molar-refractivity contribution in [2.75, 3.05) is 5.32 Å². The number of carbonyl (C=O) groups excluding carboxylic acids is 3. The van der Waals surface area contributed by atoms with Crippen LogP contribution in [0.2, 0.25) is 0 Å². The number of primary amides is 1. The Morgan fingerprint density at radius 3 is 2.80 bits per heavy atom. The van der Waals surface area contributed by atoms with Crippen LogP contribution in [-0.2, 0) is 14.3 Å². The average molecular weight is 278 g/mol. The third kappa shape index (κ3) is 3.25. The molecule has 7 heteroatoms. The first-order valence-corrected chi connectivity index (χ1v) is 6.03. The Bertz CT molecular complexity index is 557. The van der Waals surface area contributed by atoms with Gasteiger partial charge >= 0.3 is 18.0 Å². The predicted octanol–water partition coefficient (Wildman–Crippen LogP) is 1.04. The summed E-state index contributed by atoms with van der Waals surface area (Å²) in [6.45, 7) is 1.73. The number of benzene rings is 1. The molecule has 0 spiro atoms. The van der Waals surface area contributed by atoms with Crippen molar-refractivity contribution in [1.29, 1.82) is 0 Å². The van der Waals surface area contributed by atoms with Gasteiger partial charge in [0.2, 0.25) is 6.10 Å². The Kier molecular flexibility index (Phi) is 3.88. The number of ether oxygens (including phenoxy) is 2. The van der Waals surface area contributed by atoms with Gasteiger partial charge in [-0.3, -0.25) is 0 Å². The van der Waals surface area contributed by atoms with E-state index in [-0.39, 0.29) is 11.7 Å². The normalized spacial score (nSPS) is 21.1. The van der Waals surface area contributed by atoms with E-state index in [1.165, 1.54) is 12.1 Å². The number of nitrogens with one attached hydrogen (secondary N) is 1.